The number of rotatable bonds is 6. The van der Waals surface area contributed by atoms with E-state index in [4.69, 9.17) is 14.2 Å². The highest BCUT2D eigenvalue weighted by Gasteiger charge is 2.20. The van der Waals surface area contributed by atoms with Gasteiger partial charge >= 0.3 is 0 Å². The highest BCUT2D eigenvalue weighted by atomic mass is 16.5. The summed E-state index contributed by atoms with van der Waals surface area (Å²) in [7, 11) is 4.91. The molecule has 0 spiro atoms. The summed E-state index contributed by atoms with van der Waals surface area (Å²) < 4.78 is 18.5. The van der Waals surface area contributed by atoms with Gasteiger partial charge in [0, 0.05) is 29.3 Å². The molecule has 0 radical (unpaired) electrons. The number of methoxy groups -OCH3 is 3. The molecule has 1 aliphatic carbocycles. The lowest BCUT2D eigenvalue weighted by Gasteiger charge is -2.25. The second kappa shape index (κ2) is 11.2. The molecule has 1 N–H and O–H groups in total. The van der Waals surface area contributed by atoms with E-state index < -0.39 is 0 Å². The summed E-state index contributed by atoms with van der Waals surface area (Å²) in [5.41, 5.74) is 9.28. The van der Waals surface area contributed by atoms with Gasteiger partial charge in [0.25, 0.3) is 0 Å². The lowest BCUT2D eigenvalue weighted by molar-refractivity contribution is 0.324. The van der Waals surface area contributed by atoms with Crippen LogP contribution in [0.25, 0.3) is 11.3 Å². The number of nitrogens with one attached hydrogen (secondary N) is 1. The van der Waals surface area contributed by atoms with Crippen LogP contribution < -0.4 is 19.5 Å². The van der Waals surface area contributed by atoms with Gasteiger partial charge in [0.1, 0.15) is 5.65 Å². The molecule has 2 aromatic carbocycles. The van der Waals surface area contributed by atoms with Crippen molar-refractivity contribution < 1.29 is 14.2 Å². The number of benzene rings is 2. The van der Waals surface area contributed by atoms with E-state index in [1.807, 2.05) is 41.9 Å². The number of imidazole rings is 1. The summed E-state index contributed by atoms with van der Waals surface area (Å²) in [5.74, 6) is 1.95. The normalized spacial score (nSPS) is 12.3. The van der Waals surface area contributed by atoms with Crippen LogP contribution in [0.2, 0.25) is 0 Å². The predicted octanol–water partition coefficient (Wildman–Crippen LogP) is 6.98. The molecular weight excluding hydrogens is 450 g/mol. The van der Waals surface area contributed by atoms with Gasteiger partial charge in [-0.15, -0.1) is 0 Å². The number of ether oxygens (including phenoxy) is 3. The summed E-state index contributed by atoms with van der Waals surface area (Å²) in [6.45, 7) is 6.18. The summed E-state index contributed by atoms with van der Waals surface area (Å²) in [6, 6.07) is 16.5. The lowest BCUT2D eigenvalue weighted by Crippen LogP contribution is -2.09. The zero-order valence-electron chi connectivity index (χ0n) is 22.0. The standard InChI is InChI=1S/C21H25NO3.C9H10N2/c1-14-7-5-10-17(11-14)22-20(15-8-6-9-15)16-12-18(23-2)21(25-4)19(13-16)24-3;1-7-4-3-5-11-6-8(2)10-9(7)11/h5,7,10-13,22H,6,8-9H2,1-4H3;3-6H,1-2H3. The van der Waals surface area contributed by atoms with E-state index in [2.05, 4.69) is 54.5 Å². The van der Waals surface area contributed by atoms with E-state index in [9.17, 15) is 0 Å². The van der Waals surface area contributed by atoms with E-state index in [1.54, 1.807) is 21.3 Å². The van der Waals surface area contributed by atoms with Gasteiger partial charge in [0.15, 0.2) is 11.5 Å². The number of fused-ring (bicyclic) bond motifs is 1. The van der Waals surface area contributed by atoms with Crippen molar-refractivity contribution in [3.8, 4) is 17.2 Å². The molecular formula is C30H35N3O3. The monoisotopic (exact) mass is 485 g/mol. The summed E-state index contributed by atoms with van der Waals surface area (Å²) in [6.07, 6.45) is 7.51. The molecule has 0 bridgehead atoms. The second-order valence-corrected chi connectivity index (χ2v) is 9.04. The Hall–Kier alpha value is -3.93. The molecule has 6 nitrogen and oxygen atoms in total. The largest absolute Gasteiger partial charge is 0.493 e. The maximum Gasteiger partial charge on any atom is 0.203 e. The minimum Gasteiger partial charge on any atom is -0.493 e. The maximum absolute atomic E-state index is 5.51. The van der Waals surface area contributed by atoms with Gasteiger partial charge in [0.2, 0.25) is 5.75 Å². The van der Waals surface area contributed by atoms with E-state index in [1.165, 1.54) is 23.1 Å². The maximum atomic E-state index is 5.51. The molecule has 188 valence electrons. The molecule has 4 aromatic rings. The molecule has 2 heterocycles. The van der Waals surface area contributed by atoms with Gasteiger partial charge in [0.05, 0.1) is 27.0 Å². The van der Waals surface area contributed by atoms with Crippen LogP contribution in [-0.2, 0) is 0 Å². The van der Waals surface area contributed by atoms with Crippen molar-refractivity contribution in [2.45, 2.75) is 40.0 Å². The zero-order valence-corrected chi connectivity index (χ0v) is 22.0. The van der Waals surface area contributed by atoms with Crippen LogP contribution in [0, 0.1) is 20.8 Å². The summed E-state index contributed by atoms with van der Waals surface area (Å²) >= 11 is 0. The lowest BCUT2D eigenvalue weighted by atomic mass is 9.88. The molecule has 1 saturated carbocycles. The fraction of sp³-hybridized carbons (Fsp3) is 0.300. The Morgan fingerprint density at radius 1 is 0.889 bits per heavy atom. The quantitative estimate of drug-likeness (QED) is 0.319. The molecule has 2 aromatic heterocycles. The molecule has 0 unspecified atom stereocenters. The molecule has 1 fully saturated rings. The third-order valence-corrected chi connectivity index (χ3v) is 6.35. The van der Waals surface area contributed by atoms with Gasteiger partial charge in [-0.25, -0.2) is 4.98 Å². The molecule has 0 aliphatic heterocycles. The van der Waals surface area contributed by atoms with Crippen molar-refractivity contribution in [3.63, 3.8) is 0 Å². The highest BCUT2D eigenvalue weighted by molar-refractivity contribution is 5.82. The molecule has 5 rings (SSSR count). The average molecular weight is 486 g/mol. The molecule has 6 heteroatoms. The number of aromatic nitrogens is 2. The van der Waals surface area contributed by atoms with Crippen LogP contribution in [0.4, 0.5) is 5.69 Å². The van der Waals surface area contributed by atoms with Crippen LogP contribution in [-0.4, -0.2) is 30.7 Å². The minimum atomic E-state index is 0.613. The molecule has 36 heavy (non-hydrogen) atoms. The van der Waals surface area contributed by atoms with Crippen molar-refractivity contribution in [1.29, 1.82) is 0 Å². The third kappa shape index (κ3) is 5.48. The number of pyridine rings is 1. The molecule has 0 amide bonds. The fourth-order valence-electron chi connectivity index (χ4n) is 4.34. The number of anilines is 1. The molecule has 1 aliphatic rings. The van der Waals surface area contributed by atoms with Crippen molar-refractivity contribution in [3.05, 3.63) is 88.9 Å². The fourth-order valence-corrected chi connectivity index (χ4v) is 4.34. The SMILES string of the molecule is COc1cc(C(Nc2cccc(C)c2)=C2CCC2)cc(OC)c1OC.Cc1cn2cccc(C)c2n1. The minimum absolute atomic E-state index is 0.613. The number of nitrogens with zero attached hydrogens (tertiary/aromatic N) is 2. The molecule has 0 atom stereocenters. The van der Waals surface area contributed by atoms with Crippen LogP contribution in [0.1, 0.15) is 41.6 Å². The Balaban J connectivity index is 0.000000229. The molecule has 0 saturated heterocycles. The number of hydrogen-bond donors (Lipinski definition) is 1. The van der Waals surface area contributed by atoms with Crippen molar-refractivity contribution in [2.24, 2.45) is 0 Å². The highest BCUT2D eigenvalue weighted by Crippen LogP contribution is 2.42. The first kappa shape index (κ1) is 25.2. The van der Waals surface area contributed by atoms with Crippen molar-refractivity contribution in [1.82, 2.24) is 9.38 Å². The van der Waals surface area contributed by atoms with Crippen LogP contribution in [0.3, 0.4) is 0 Å². The Morgan fingerprint density at radius 3 is 2.17 bits per heavy atom. The first-order valence-corrected chi connectivity index (χ1v) is 12.2. The van der Waals surface area contributed by atoms with Crippen LogP contribution in [0.15, 0.2) is 66.5 Å². The summed E-state index contributed by atoms with van der Waals surface area (Å²) in [5, 5.41) is 3.61. The van der Waals surface area contributed by atoms with Crippen molar-refractivity contribution in [2.75, 3.05) is 26.6 Å². The Labute approximate surface area is 213 Å². The first-order chi connectivity index (χ1) is 17.4. The second-order valence-electron chi connectivity index (χ2n) is 9.04. The Kier molecular flexibility index (Phi) is 7.84. The van der Waals surface area contributed by atoms with E-state index in [-0.39, 0.29) is 0 Å². The van der Waals surface area contributed by atoms with E-state index in [0.717, 1.165) is 41.1 Å². The zero-order chi connectivity index (χ0) is 25.7. The average Bonchev–Trinajstić information content (AvgIpc) is 3.23. The van der Waals surface area contributed by atoms with E-state index >= 15 is 0 Å². The van der Waals surface area contributed by atoms with Gasteiger partial charge in [-0.3, -0.25) is 0 Å². The van der Waals surface area contributed by atoms with Gasteiger partial charge in [-0.1, -0.05) is 18.2 Å². The number of hydrogen-bond acceptors (Lipinski definition) is 5. The van der Waals surface area contributed by atoms with Crippen molar-refractivity contribution >= 4 is 17.0 Å². The first-order valence-electron chi connectivity index (χ1n) is 12.2. The van der Waals surface area contributed by atoms with Crippen LogP contribution in [0.5, 0.6) is 17.2 Å². The smallest absolute Gasteiger partial charge is 0.203 e. The third-order valence-electron chi connectivity index (χ3n) is 6.35. The Bertz CT molecular complexity index is 1360. The number of aryl methyl sites for hydroxylation is 3. The number of allylic oxidation sites excluding steroid dienone is 1. The topological polar surface area (TPSA) is 57.0 Å². The predicted molar refractivity (Wildman–Crippen MR) is 146 cm³/mol. The summed E-state index contributed by atoms with van der Waals surface area (Å²) in [4.78, 5) is 4.38. The van der Waals surface area contributed by atoms with Gasteiger partial charge in [-0.2, -0.15) is 0 Å². The Morgan fingerprint density at radius 2 is 1.61 bits per heavy atom. The van der Waals surface area contributed by atoms with E-state index in [0.29, 0.717) is 17.2 Å². The van der Waals surface area contributed by atoms with Gasteiger partial charge in [-0.05, 0) is 87.1 Å². The van der Waals surface area contributed by atoms with Gasteiger partial charge < -0.3 is 23.9 Å². The van der Waals surface area contributed by atoms with Crippen LogP contribution >= 0.6 is 0 Å².